The molecule has 0 unspecified atom stereocenters. The molecule has 1 aliphatic heterocycles. The van der Waals surface area contributed by atoms with E-state index in [2.05, 4.69) is 44.4 Å². The van der Waals surface area contributed by atoms with E-state index in [0.29, 0.717) is 11.4 Å². The molecule has 6 nitrogen and oxygen atoms in total. The molecule has 2 aromatic carbocycles. The van der Waals surface area contributed by atoms with Crippen molar-refractivity contribution in [3.8, 4) is 0 Å². The summed E-state index contributed by atoms with van der Waals surface area (Å²) in [5.74, 6) is 0.812. The fourth-order valence-electron chi connectivity index (χ4n) is 3.33. The molecule has 8 heteroatoms. The highest BCUT2D eigenvalue weighted by molar-refractivity contribution is 14.0. The van der Waals surface area contributed by atoms with Crippen molar-refractivity contribution in [3.05, 3.63) is 66.2 Å². The Hall–Kier alpha value is -1.65. The number of halogens is 1. The van der Waals surface area contributed by atoms with E-state index in [1.807, 2.05) is 12.1 Å². The third kappa shape index (κ3) is 6.97. The van der Waals surface area contributed by atoms with Crippen LogP contribution in [-0.2, 0) is 16.4 Å². The number of guanidine groups is 1. The summed E-state index contributed by atoms with van der Waals surface area (Å²) in [5.41, 5.74) is 1.32. The molecule has 0 saturated carbocycles. The van der Waals surface area contributed by atoms with E-state index in [4.69, 9.17) is 0 Å². The maximum absolute atomic E-state index is 12.4. The van der Waals surface area contributed by atoms with Crippen molar-refractivity contribution < 1.29 is 8.42 Å². The molecule has 2 aromatic rings. The van der Waals surface area contributed by atoms with Gasteiger partial charge in [0.25, 0.3) is 0 Å². The Kier molecular flexibility index (Phi) is 9.38. The Balaban J connectivity index is 0.00000300. The normalized spacial score (nSPS) is 15.6. The van der Waals surface area contributed by atoms with Crippen LogP contribution in [0.15, 0.2) is 70.6 Å². The second kappa shape index (κ2) is 11.5. The minimum atomic E-state index is -3.28. The lowest BCUT2D eigenvalue weighted by Crippen LogP contribution is -2.52. The van der Waals surface area contributed by atoms with Crippen molar-refractivity contribution in [2.45, 2.75) is 11.4 Å². The lowest BCUT2D eigenvalue weighted by atomic mass is 10.2. The molecule has 1 saturated heterocycles. The Labute approximate surface area is 191 Å². The van der Waals surface area contributed by atoms with Crippen LogP contribution < -0.4 is 5.32 Å². The van der Waals surface area contributed by atoms with E-state index in [9.17, 15) is 8.42 Å². The van der Waals surface area contributed by atoms with Crippen molar-refractivity contribution in [2.24, 2.45) is 4.99 Å². The van der Waals surface area contributed by atoms with Crippen LogP contribution in [0, 0.1) is 0 Å². The van der Waals surface area contributed by atoms with Gasteiger partial charge in [-0.3, -0.25) is 9.89 Å². The topological polar surface area (TPSA) is 65.0 Å². The SMILES string of the molecule is CN=C(NCCS(=O)(=O)c1ccccc1)N1CCN(Cc2ccccc2)CC1.I. The summed E-state index contributed by atoms with van der Waals surface area (Å²) in [6, 6.07) is 19.1. The molecule has 0 bridgehead atoms. The van der Waals surface area contributed by atoms with Gasteiger partial charge in [0.05, 0.1) is 10.6 Å². The molecule has 158 valence electrons. The first-order chi connectivity index (χ1) is 13.6. The largest absolute Gasteiger partial charge is 0.355 e. The molecule has 0 radical (unpaired) electrons. The van der Waals surface area contributed by atoms with Gasteiger partial charge in [0.2, 0.25) is 0 Å². The van der Waals surface area contributed by atoms with Crippen molar-refractivity contribution >= 4 is 39.8 Å². The van der Waals surface area contributed by atoms with Gasteiger partial charge in [0.1, 0.15) is 0 Å². The van der Waals surface area contributed by atoms with Crippen LogP contribution in [-0.4, -0.2) is 69.7 Å². The number of nitrogens with zero attached hydrogens (tertiary/aromatic N) is 3. The van der Waals surface area contributed by atoms with Gasteiger partial charge in [-0.25, -0.2) is 8.42 Å². The smallest absolute Gasteiger partial charge is 0.193 e. The molecule has 0 spiro atoms. The van der Waals surface area contributed by atoms with Gasteiger partial charge < -0.3 is 10.2 Å². The molecule has 29 heavy (non-hydrogen) atoms. The predicted molar refractivity (Wildman–Crippen MR) is 129 cm³/mol. The predicted octanol–water partition coefficient (Wildman–Crippen LogP) is 2.47. The number of hydrogen-bond donors (Lipinski definition) is 1. The van der Waals surface area contributed by atoms with Crippen molar-refractivity contribution in [2.75, 3.05) is 45.5 Å². The first-order valence-electron chi connectivity index (χ1n) is 9.58. The standard InChI is InChI=1S/C21H28N4O2S.HI/c1-22-21(23-12-17-28(26,27)20-10-6-3-7-11-20)25-15-13-24(14-16-25)18-19-8-4-2-5-9-19;/h2-11H,12-18H2,1H3,(H,22,23);1H. The van der Waals surface area contributed by atoms with Crippen LogP contribution in [0.3, 0.4) is 0 Å². The highest BCUT2D eigenvalue weighted by Gasteiger charge is 2.20. The van der Waals surface area contributed by atoms with Crippen LogP contribution in [0.4, 0.5) is 0 Å². The third-order valence-electron chi connectivity index (χ3n) is 4.89. The highest BCUT2D eigenvalue weighted by atomic mass is 127. The number of aliphatic imine (C=N–C) groups is 1. The van der Waals surface area contributed by atoms with E-state index in [-0.39, 0.29) is 29.7 Å². The van der Waals surface area contributed by atoms with Gasteiger partial charge in [-0.05, 0) is 17.7 Å². The number of rotatable bonds is 6. The number of nitrogens with one attached hydrogen (secondary N) is 1. The average Bonchev–Trinajstić information content (AvgIpc) is 2.73. The van der Waals surface area contributed by atoms with Gasteiger partial charge in [0.15, 0.2) is 15.8 Å². The van der Waals surface area contributed by atoms with Gasteiger partial charge >= 0.3 is 0 Å². The summed E-state index contributed by atoms with van der Waals surface area (Å²) in [6.45, 7) is 4.95. The Morgan fingerprint density at radius 2 is 1.55 bits per heavy atom. The summed E-state index contributed by atoms with van der Waals surface area (Å²) in [7, 11) is -1.54. The zero-order valence-corrected chi connectivity index (χ0v) is 19.8. The van der Waals surface area contributed by atoms with Crippen LogP contribution in [0.1, 0.15) is 5.56 Å². The highest BCUT2D eigenvalue weighted by Crippen LogP contribution is 2.10. The average molecular weight is 528 g/mol. The molecule has 0 atom stereocenters. The number of benzene rings is 2. The molecular formula is C21H29IN4O2S. The molecule has 1 heterocycles. The van der Waals surface area contributed by atoms with Gasteiger partial charge in [-0.15, -0.1) is 24.0 Å². The lowest BCUT2D eigenvalue weighted by Gasteiger charge is -2.36. The van der Waals surface area contributed by atoms with Crippen LogP contribution in [0.2, 0.25) is 0 Å². The zero-order chi connectivity index (χ0) is 19.8. The van der Waals surface area contributed by atoms with Crippen molar-refractivity contribution in [1.82, 2.24) is 15.1 Å². The van der Waals surface area contributed by atoms with E-state index in [1.54, 1.807) is 31.3 Å². The molecule has 0 aromatic heterocycles. The fourth-order valence-corrected chi connectivity index (χ4v) is 4.51. The van der Waals surface area contributed by atoms with Crippen molar-refractivity contribution in [3.63, 3.8) is 0 Å². The van der Waals surface area contributed by atoms with Crippen LogP contribution in [0.5, 0.6) is 0 Å². The van der Waals surface area contributed by atoms with E-state index in [1.165, 1.54) is 5.56 Å². The minimum absolute atomic E-state index is 0. The molecule has 0 amide bonds. The quantitative estimate of drug-likeness (QED) is 0.355. The summed E-state index contributed by atoms with van der Waals surface area (Å²) < 4.78 is 24.8. The Morgan fingerprint density at radius 3 is 2.14 bits per heavy atom. The Morgan fingerprint density at radius 1 is 0.966 bits per heavy atom. The maximum atomic E-state index is 12.4. The third-order valence-corrected chi connectivity index (χ3v) is 6.62. The van der Waals surface area contributed by atoms with Crippen LogP contribution >= 0.6 is 24.0 Å². The number of sulfone groups is 1. The second-order valence-corrected chi connectivity index (χ2v) is 8.96. The lowest BCUT2D eigenvalue weighted by molar-refractivity contribution is 0.172. The monoisotopic (exact) mass is 528 g/mol. The molecule has 1 N–H and O–H groups in total. The van der Waals surface area contributed by atoms with Crippen molar-refractivity contribution in [1.29, 1.82) is 0 Å². The minimum Gasteiger partial charge on any atom is -0.355 e. The van der Waals surface area contributed by atoms with Gasteiger partial charge in [-0.1, -0.05) is 48.5 Å². The molecule has 0 aliphatic carbocycles. The summed E-state index contributed by atoms with van der Waals surface area (Å²) in [5, 5.41) is 3.21. The second-order valence-electron chi connectivity index (χ2n) is 6.85. The fraction of sp³-hybridized carbons (Fsp3) is 0.381. The zero-order valence-electron chi connectivity index (χ0n) is 16.7. The van der Waals surface area contributed by atoms with E-state index >= 15 is 0 Å². The molecular weight excluding hydrogens is 499 g/mol. The van der Waals surface area contributed by atoms with E-state index < -0.39 is 9.84 Å². The first kappa shape index (κ1) is 23.6. The molecule has 1 aliphatic rings. The summed E-state index contributed by atoms with van der Waals surface area (Å²) in [4.78, 5) is 9.31. The summed E-state index contributed by atoms with van der Waals surface area (Å²) in [6.07, 6.45) is 0. The maximum Gasteiger partial charge on any atom is 0.193 e. The van der Waals surface area contributed by atoms with E-state index in [0.717, 1.165) is 38.7 Å². The molecule has 1 fully saturated rings. The number of piperazine rings is 1. The summed E-state index contributed by atoms with van der Waals surface area (Å²) >= 11 is 0. The molecule has 3 rings (SSSR count). The van der Waals surface area contributed by atoms with Gasteiger partial charge in [0, 0.05) is 46.3 Å². The van der Waals surface area contributed by atoms with Crippen LogP contribution in [0.25, 0.3) is 0 Å². The van der Waals surface area contributed by atoms with Gasteiger partial charge in [-0.2, -0.15) is 0 Å². The number of hydrogen-bond acceptors (Lipinski definition) is 4. The first-order valence-corrected chi connectivity index (χ1v) is 11.2. The Bertz CT molecular complexity index is 868.